The fourth-order valence-electron chi connectivity index (χ4n) is 2.58. The molecular formula is C14H25N. The molecule has 1 nitrogen and oxygen atoms in total. The predicted molar refractivity (Wildman–Crippen MR) is 65.8 cm³/mol. The van der Waals surface area contributed by atoms with E-state index in [0.717, 1.165) is 23.8 Å². The van der Waals surface area contributed by atoms with E-state index in [4.69, 9.17) is 0 Å². The van der Waals surface area contributed by atoms with Crippen LogP contribution in [0, 0.1) is 23.2 Å². The Morgan fingerprint density at radius 1 is 1.40 bits per heavy atom. The van der Waals surface area contributed by atoms with Crippen LogP contribution in [0.5, 0.6) is 0 Å². The molecule has 4 atom stereocenters. The van der Waals surface area contributed by atoms with Gasteiger partial charge < -0.3 is 5.32 Å². The molecule has 1 heteroatoms. The lowest BCUT2D eigenvalue weighted by atomic mass is 9.71. The molecule has 1 fully saturated rings. The summed E-state index contributed by atoms with van der Waals surface area (Å²) >= 11 is 0. The third-order valence-corrected chi connectivity index (χ3v) is 4.53. The van der Waals surface area contributed by atoms with E-state index in [9.17, 15) is 0 Å². The molecule has 0 bridgehead atoms. The smallest absolute Gasteiger partial charge is 0.0136 e. The van der Waals surface area contributed by atoms with E-state index in [1.54, 1.807) is 0 Å². The summed E-state index contributed by atoms with van der Waals surface area (Å²) in [5.74, 6) is 2.59. The van der Waals surface area contributed by atoms with Crippen LogP contribution in [0.25, 0.3) is 0 Å². The Balaban J connectivity index is 1.73. The highest BCUT2D eigenvalue weighted by molar-refractivity contribution is 5.12. The maximum atomic E-state index is 3.75. The van der Waals surface area contributed by atoms with Crippen LogP contribution in [0.2, 0.25) is 0 Å². The van der Waals surface area contributed by atoms with E-state index in [1.807, 2.05) is 0 Å². The molecular weight excluding hydrogens is 182 g/mol. The normalized spacial score (nSPS) is 36.1. The summed E-state index contributed by atoms with van der Waals surface area (Å²) in [6, 6.07) is 0.776. The molecule has 86 valence electrons. The van der Waals surface area contributed by atoms with Gasteiger partial charge in [0.05, 0.1) is 0 Å². The van der Waals surface area contributed by atoms with Gasteiger partial charge in [0.2, 0.25) is 0 Å². The predicted octanol–water partition coefficient (Wildman–Crippen LogP) is 3.22. The summed E-state index contributed by atoms with van der Waals surface area (Å²) in [5, 5.41) is 3.75. The first-order valence-electron chi connectivity index (χ1n) is 6.38. The Hall–Kier alpha value is -0.300. The molecule has 1 N–H and O–H groups in total. The van der Waals surface area contributed by atoms with E-state index >= 15 is 0 Å². The summed E-state index contributed by atoms with van der Waals surface area (Å²) in [6.45, 7) is 10.5. The lowest BCUT2D eigenvalue weighted by molar-refractivity contribution is 0.144. The summed E-state index contributed by atoms with van der Waals surface area (Å²) in [5.41, 5.74) is 0.432. The average molecular weight is 207 g/mol. The number of hydrogen-bond donors (Lipinski definition) is 1. The fourth-order valence-corrected chi connectivity index (χ4v) is 2.58. The van der Waals surface area contributed by atoms with Gasteiger partial charge in [0.1, 0.15) is 0 Å². The van der Waals surface area contributed by atoms with Crippen LogP contribution in [0.4, 0.5) is 0 Å². The fraction of sp³-hybridized carbons (Fsp3) is 0.857. The molecule has 0 aromatic carbocycles. The number of rotatable bonds is 3. The molecule has 0 heterocycles. The second-order valence-electron chi connectivity index (χ2n) is 6.52. The van der Waals surface area contributed by atoms with Crippen molar-refractivity contribution in [2.45, 2.75) is 46.6 Å². The Morgan fingerprint density at radius 3 is 2.73 bits per heavy atom. The van der Waals surface area contributed by atoms with E-state index in [0.29, 0.717) is 5.41 Å². The monoisotopic (exact) mass is 207 g/mol. The van der Waals surface area contributed by atoms with Gasteiger partial charge in [-0.1, -0.05) is 39.8 Å². The molecule has 2 aliphatic rings. The zero-order chi connectivity index (χ0) is 11.1. The van der Waals surface area contributed by atoms with Crippen molar-refractivity contribution in [2.24, 2.45) is 23.2 Å². The van der Waals surface area contributed by atoms with Crippen LogP contribution in [0.3, 0.4) is 0 Å². The van der Waals surface area contributed by atoms with Gasteiger partial charge in [0.15, 0.2) is 0 Å². The quantitative estimate of drug-likeness (QED) is 0.701. The van der Waals surface area contributed by atoms with Crippen molar-refractivity contribution in [2.75, 3.05) is 6.54 Å². The highest BCUT2D eigenvalue weighted by Gasteiger charge is 2.40. The molecule has 0 amide bonds. The Morgan fingerprint density at radius 2 is 2.13 bits per heavy atom. The van der Waals surface area contributed by atoms with Crippen molar-refractivity contribution in [1.29, 1.82) is 0 Å². The minimum Gasteiger partial charge on any atom is -0.313 e. The SMILES string of the molecule is CC(CNC1CC2CC=CC21)C(C)(C)C. The van der Waals surface area contributed by atoms with Crippen molar-refractivity contribution in [1.82, 2.24) is 5.32 Å². The lowest BCUT2D eigenvalue weighted by Crippen LogP contribution is -2.50. The Kier molecular flexibility index (Phi) is 2.94. The number of allylic oxidation sites excluding steroid dienone is 1. The average Bonchev–Trinajstić information content (AvgIpc) is 2.46. The first-order valence-corrected chi connectivity index (χ1v) is 6.38. The van der Waals surface area contributed by atoms with Gasteiger partial charge >= 0.3 is 0 Å². The van der Waals surface area contributed by atoms with Crippen LogP contribution in [0.1, 0.15) is 40.5 Å². The molecule has 4 unspecified atom stereocenters. The molecule has 0 aliphatic heterocycles. The minimum absolute atomic E-state index is 0.432. The van der Waals surface area contributed by atoms with Crippen LogP contribution in [-0.4, -0.2) is 12.6 Å². The van der Waals surface area contributed by atoms with Crippen LogP contribution < -0.4 is 5.32 Å². The van der Waals surface area contributed by atoms with E-state index < -0.39 is 0 Å². The summed E-state index contributed by atoms with van der Waals surface area (Å²) in [6.07, 6.45) is 7.52. The number of nitrogens with one attached hydrogen (secondary N) is 1. The minimum atomic E-state index is 0.432. The largest absolute Gasteiger partial charge is 0.313 e. The zero-order valence-electron chi connectivity index (χ0n) is 10.6. The maximum absolute atomic E-state index is 3.75. The van der Waals surface area contributed by atoms with Crippen LogP contribution in [0.15, 0.2) is 12.2 Å². The Labute approximate surface area is 94.3 Å². The highest BCUT2D eigenvalue weighted by Crippen LogP contribution is 2.42. The molecule has 1 saturated carbocycles. The molecule has 0 aromatic rings. The zero-order valence-corrected chi connectivity index (χ0v) is 10.6. The molecule has 0 aromatic heterocycles. The van der Waals surface area contributed by atoms with Crippen molar-refractivity contribution in [3.8, 4) is 0 Å². The lowest BCUT2D eigenvalue weighted by Gasteiger charge is -2.42. The molecule has 2 rings (SSSR count). The summed E-state index contributed by atoms with van der Waals surface area (Å²) < 4.78 is 0. The van der Waals surface area contributed by atoms with Gasteiger partial charge in [-0.3, -0.25) is 0 Å². The van der Waals surface area contributed by atoms with Crippen molar-refractivity contribution in [3.63, 3.8) is 0 Å². The first-order chi connectivity index (χ1) is 6.98. The third-order valence-electron chi connectivity index (χ3n) is 4.53. The molecule has 0 spiro atoms. The van der Waals surface area contributed by atoms with Crippen molar-refractivity contribution < 1.29 is 0 Å². The first kappa shape index (κ1) is 11.2. The topological polar surface area (TPSA) is 12.0 Å². The van der Waals surface area contributed by atoms with Crippen LogP contribution >= 0.6 is 0 Å². The van der Waals surface area contributed by atoms with E-state index in [1.165, 1.54) is 19.4 Å². The van der Waals surface area contributed by atoms with E-state index in [2.05, 4.69) is 45.2 Å². The Bertz CT molecular complexity index is 249. The van der Waals surface area contributed by atoms with Gasteiger partial charge in [-0.05, 0) is 42.6 Å². The molecule has 0 saturated heterocycles. The van der Waals surface area contributed by atoms with Gasteiger partial charge in [0.25, 0.3) is 0 Å². The second-order valence-corrected chi connectivity index (χ2v) is 6.52. The molecule has 2 aliphatic carbocycles. The third kappa shape index (κ3) is 2.28. The van der Waals surface area contributed by atoms with Gasteiger partial charge in [-0.15, -0.1) is 0 Å². The summed E-state index contributed by atoms with van der Waals surface area (Å²) in [7, 11) is 0. The highest BCUT2D eigenvalue weighted by atomic mass is 14.9. The van der Waals surface area contributed by atoms with Gasteiger partial charge in [-0.2, -0.15) is 0 Å². The second kappa shape index (κ2) is 3.93. The van der Waals surface area contributed by atoms with Crippen molar-refractivity contribution >= 4 is 0 Å². The number of fused-ring (bicyclic) bond motifs is 1. The van der Waals surface area contributed by atoms with E-state index in [-0.39, 0.29) is 0 Å². The summed E-state index contributed by atoms with van der Waals surface area (Å²) in [4.78, 5) is 0. The van der Waals surface area contributed by atoms with Crippen molar-refractivity contribution in [3.05, 3.63) is 12.2 Å². The molecule has 0 radical (unpaired) electrons. The van der Waals surface area contributed by atoms with Gasteiger partial charge in [0, 0.05) is 6.04 Å². The van der Waals surface area contributed by atoms with Gasteiger partial charge in [-0.25, -0.2) is 0 Å². The number of hydrogen-bond acceptors (Lipinski definition) is 1. The molecule has 15 heavy (non-hydrogen) atoms. The maximum Gasteiger partial charge on any atom is 0.0136 e. The van der Waals surface area contributed by atoms with Crippen LogP contribution in [-0.2, 0) is 0 Å². The standard InChI is InChI=1S/C14H25N/c1-10(14(2,3)4)9-15-13-8-11-6-5-7-12(11)13/h5,7,10-13,15H,6,8-9H2,1-4H3.